The maximum absolute atomic E-state index is 13.0. The predicted molar refractivity (Wildman–Crippen MR) is 89.2 cm³/mol. The molecular weight excluding hydrogens is 317 g/mol. The molecule has 23 heavy (non-hydrogen) atoms. The fourth-order valence-electron chi connectivity index (χ4n) is 2.21. The number of carbonyl (C=O) groups is 1. The predicted octanol–water partition coefficient (Wildman–Crippen LogP) is 3.73. The quantitative estimate of drug-likeness (QED) is 0.894. The summed E-state index contributed by atoms with van der Waals surface area (Å²) in [6.07, 6.45) is 0. The molecule has 0 fully saturated rings. The van der Waals surface area contributed by atoms with Crippen molar-refractivity contribution in [3.63, 3.8) is 0 Å². The first kappa shape index (κ1) is 17.4. The first-order valence-electron chi connectivity index (χ1n) is 7.24. The number of benzene rings is 2. The third-order valence-electron chi connectivity index (χ3n) is 3.89. The fourth-order valence-corrected chi connectivity index (χ4v) is 2.52. The van der Waals surface area contributed by atoms with Crippen molar-refractivity contribution in [2.75, 3.05) is 6.54 Å². The normalized spacial score (nSPS) is 13.5. The lowest BCUT2D eigenvalue weighted by atomic mass is 9.96. The van der Waals surface area contributed by atoms with Crippen LogP contribution < -0.4 is 5.32 Å². The lowest BCUT2D eigenvalue weighted by Gasteiger charge is -2.24. The molecule has 0 bridgehead atoms. The van der Waals surface area contributed by atoms with E-state index in [1.807, 2.05) is 13.8 Å². The average Bonchev–Trinajstić information content (AvgIpc) is 2.49. The van der Waals surface area contributed by atoms with Crippen molar-refractivity contribution < 1.29 is 14.3 Å². The minimum Gasteiger partial charge on any atom is -0.384 e. The molecule has 2 aromatic carbocycles. The van der Waals surface area contributed by atoms with Crippen molar-refractivity contribution in [1.29, 1.82) is 0 Å². The summed E-state index contributed by atoms with van der Waals surface area (Å²) >= 11 is 6.12. The number of aryl methyl sites for hydroxylation is 2. The van der Waals surface area contributed by atoms with E-state index in [1.54, 1.807) is 19.1 Å². The minimum atomic E-state index is -1.31. The molecule has 0 aliphatic rings. The standard InChI is InChI=1S/C18H19ClFNO2/c1-11-8-15(16(19)9-12(11)2)17(22)21-10-18(3,23)13-4-6-14(20)7-5-13/h4-9,23H,10H2,1-3H3,(H,21,22). The van der Waals surface area contributed by atoms with Crippen LogP contribution in [0.1, 0.15) is 34.0 Å². The van der Waals surface area contributed by atoms with Gasteiger partial charge < -0.3 is 10.4 Å². The van der Waals surface area contributed by atoms with Crippen LogP contribution in [0.3, 0.4) is 0 Å². The Morgan fingerprint density at radius 3 is 2.39 bits per heavy atom. The Labute approximate surface area is 140 Å². The lowest BCUT2D eigenvalue weighted by Crippen LogP contribution is -2.38. The SMILES string of the molecule is Cc1cc(Cl)c(C(=O)NCC(C)(O)c2ccc(F)cc2)cc1C. The molecule has 5 heteroatoms. The topological polar surface area (TPSA) is 49.3 Å². The Balaban J connectivity index is 2.12. The van der Waals surface area contributed by atoms with Gasteiger partial charge in [-0.2, -0.15) is 0 Å². The molecule has 1 unspecified atom stereocenters. The third-order valence-corrected chi connectivity index (χ3v) is 4.20. The fraction of sp³-hybridized carbons (Fsp3) is 0.278. The molecule has 122 valence electrons. The van der Waals surface area contributed by atoms with E-state index in [0.29, 0.717) is 16.1 Å². The van der Waals surface area contributed by atoms with Crippen LogP contribution in [-0.2, 0) is 5.60 Å². The van der Waals surface area contributed by atoms with Crippen LogP contribution in [-0.4, -0.2) is 17.6 Å². The van der Waals surface area contributed by atoms with Crippen molar-refractivity contribution in [3.05, 3.63) is 69.5 Å². The van der Waals surface area contributed by atoms with Crippen molar-refractivity contribution in [3.8, 4) is 0 Å². The Kier molecular flexibility index (Phi) is 5.07. The van der Waals surface area contributed by atoms with Gasteiger partial charge in [0.05, 0.1) is 17.1 Å². The molecule has 0 heterocycles. The second kappa shape index (κ2) is 6.69. The maximum Gasteiger partial charge on any atom is 0.252 e. The van der Waals surface area contributed by atoms with E-state index in [0.717, 1.165) is 11.1 Å². The molecule has 0 aliphatic heterocycles. The van der Waals surface area contributed by atoms with Gasteiger partial charge in [-0.05, 0) is 61.7 Å². The molecule has 2 N–H and O–H groups in total. The number of nitrogens with one attached hydrogen (secondary N) is 1. The molecule has 0 saturated carbocycles. The van der Waals surface area contributed by atoms with Crippen LogP contribution in [0.2, 0.25) is 5.02 Å². The molecule has 0 aliphatic carbocycles. The van der Waals surface area contributed by atoms with Crippen LogP contribution in [0.4, 0.5) is 4.39 Å². The van der Waals surface area contributed by atoms with Gasteiger partial charge in [0, 0.05) is 0 Å². The molecule has 0 radical (unpaired) electrons. The van der Waals surface area contributed by atoms with Gasteiger partial charge in [-0.15, -0.1) is 0 Å². The van der Waals surface area contributed by atoms with Gasteiger partial charge in [-0.1, -0.05) is 23.7 Å². The Bertz CT molecular complexity index is 727. The summed E-state index contributed by atoms with van der Waals surface area (Å²) in [6, 6.07) is 8.98. The number of aliphatic hydroxyl groups is 1. The molecular formula is C18H19ClFNO2. The van der Waals surface area contributed by atoms with E-state index in [2.05, 4.69) is 5.32 Å². The summed E-state index contributed by atoms with van der Waals surface area (Å²) in [5, 5.41) is 13.5. The molecule has 0 aromatic heterocycles. The van der Waals surface area contributed by atoms with Gasteiger partial charge in [-0.3, -0.25) is 4.79 Å². The largest absolute Gasteiger partial charge is 0.384 e. The first-order chi connectivity index (χ1) is 10.7. The summed E-state index contributed by atoms with van der Waals surface area (Å²) in [6.45, 7) is 5.36. The summed E-state index contributed by atoms with van der Waals surface area (Å²) in [7, 11) is 0. The van der Waals surface area contributed by atoms with Gasteiger partial charge >= 0.3 is 0 Å². The summed E-state index contributed by atoms with van der Waals surface area (Å²) < 4.78 is 13.0. The smallest absolute Gasteiger partial charge is 0.252 e. The van der Waals surface area contributed by atoms with Crippen molar-refractivity contribution >= 4 is 17.5 Å². The van der Waals surface area contributed by atoms with Crippen molar-refractivity contribution in [1.82, 2.24) is 5.32 Å². The zero-order valence-electron chi connectivity index (χ0n) is 13.3. The minimum absolute atomic E-state index is 0.0132. The zero-order valence-corrected chi connectivity index (χ0v) is 14.0. The van der Waals surface area contributed by atoms with Gasteiger partial charge in [0.15, 0.2) is 0 Å². The summed E-state index contributed by atoms with van der Waals surface area (Å²) in [4.78, 5) is 12.3. The Morgan fingerprint density at radius 1 is 1.22 bits per heavy atom. The molecule has 3 nitrogen and oxygen atoms in total. The van der Waals surface area contributed by atoms with E-state index in [-0.39, 0.29) is 18.3 Å². The number of rotatable bonds is 4. The van der Waals surface area contributed by atoms with E-state index in [4.69, 9.17) is 11.6 Å². The maximum atomic E-state index is 13.0. The number of halogens is 2. The molecule has 2 aromatic rings. The Hall–Kier alpha value is -1.91. The monoisotopic (exact) mass is 335 g/mol. The molecule has 0 spiro atoms. The van der Waals surface area contributed by atoms with Gasteiger partial charge in [0.1, 0.15) is 11.4 Å². The van der Waals surface area contributed by atoms with Gasteiger partial charge in [0.2, 0.25) is 0 Å². The number of amides is 1. The van der Waals surface area contributed by atoms with E-state index in [9.17, 15) is 14.3 Å². The Morgan fingerprint density at radius 2 is 1.78 bits per heavy atom. The van der Waals surface area contributed by atoms with Crippen LogP contribution in [0.15, 0.2) is 36.4 Å². The van der Waals surface area contributed by atoms with Crippen molar-refractivity contribution in [2.45, 2.75) is 26.4 Å². The highest BCUT2D eigenvalue weighted by Gasteiger charge is 2.24. The summed E-state index contributed by atoms with van der Waals surface area (Å²) in [5.41, 5.74) is 1.54. The summed E-state index contributed by atoms with van der Waals surface area (Å²) in [5.74, 6) is -0.740. The number of hydrogen-bond donors (Lipinski definition) is 2. The van der Waals surface area contributed by atoms with Crippen LogP contribution >= 0.6 is 11.6 Å². The molecule has 0 saturated heterocycles. The molecule has 1 amide bonds. The van der Waals surface area contributed by atoms with Gasteiger partial charge in [0.25, 0.3) is 5.91 Å². The van der Waals surface area contributed by atoms with E-state index in [1.165, 1.54) is 24.3 Å². The van der Waals surface area contributed by atoms with Crippen LogP contribution in [0.5, 0.6) is 0 Å². The first-order valence-corrected chi connectivity index (χ1v) is 7.62. The van der Waals surface area contributed by atoms with Gasteiger partial charge in [-0.25, -0.2) is 4.39 Å². The van der Waals surface area contributed by atoms with E-state index >= 15 is 0 Å². The second-order valence-corrected chi connectivity index (χ2v) is 6.29. The highest BCUT2D eigenvalue weighted by molar-refractivity contribution is 6.34. The molecule has 1 atom stereocenters. The van der Waals surface area contributed by atoms with E-state index < -0.39 is 5.60 Å². The third kappa shape index (κ3) is 4.09. The molecule has 2 rings (SSSR count). The van der Waals surface area contributed by atoms with Crippen LogP contribution in [0, 0.1) is 19.7 Å². The number of hydrogen-bond acceptors (Lipinski definition) is 2. The average molecular weight is 336 g/mol. The number of carbonyl (C=O) groups excluding carboxylic acids is 1. The van der Waals surface area contributed by atoms with Crippen molar-refractivity contribution in [2.24, 2.45) is 0 Å². The second-order valence-electron chi connectivity index (χ2n) is 5.88. The zero-order chi connectivity index (χ0) is 17.2. The highest BCUT2D eigenvalue weighted by Crippen LogP contribution is 2.23. The lowest BCUT2D eigenvalue weighted by molar-refractivity contribution is 0.0526. The van der Waals surface area contributed by atoms with Crippen LogP contribution in [0.25, 0.3) is 0 Å². The highest BCUT2D eigenvalue weighted by atomic mass is 35.5.